The van der Waals surface area contributed by atoms with E-state index in [1.807, 2.05) is 18.2 Å². The van der Waals surface area contributed by atoms with Crippen molar-refractivity contribution in [3.05, 3.63) is 53.6 Å². The van der Waals surface area contributed by atoms with Gasteiger partial charge in [0.25, 0.3) is 5.91 Å². The predicted octanol–water partition coefficient (Wildman–Crippen LogP) is 4.30. The molecule has 138 valence electrons. The van der Waals surface area contributed by atoms with Crippen LogP contribution in [0.1, 0.15) is 19.8 Å². The Hall–Kier alpha value is -2.24. The van der Waals surface area contributed by atoms with Crippen molar-refractivity contribution in [3.8, 4) is 11.5 Å². The summed E-state index contributed by atoms with van der Waals surface area (Å²) in [6.07, 6.45) is 1.63. The van der Waals surface area contributed by atoms with Gasteiger partial charge in [-0.25, -0.2) is 0 Å². The molecule has 1 fully saturated rings. The van der Waals surface area contributed by atoms with Gasteiger partial charge in [-0.1, -0.05) is 23.7 Å². The molecule has 1 heterocycles. The predicted molar refractivity (Wildman–Crippen MR) is 101 cm³/mol. The van der Waals surface area contributed by atoms with Crippen LogP contribution in [-0.2, 0) is 9.53 Å². The zero-order valence-corrected chi connectivity index (χ0v) is 15.4. The summed E-state index contributed by atoms with van der Waals surface area (Å²) in [5.41, 5.74) is 0.675. The molecule has 1 amide bonds. The van der Waals surface area contributed by atoms with Gasteiger partial charge in [-0.15, -0.1) is 0 Å². The number of nitrogens with one attached hydrogen (secondary N) is 1. The summed E-state index contributed by atoms with van der Waals surface area (Å²) in [7, 11) is 0. The van der Waals surface area contributed by atoms with Crippen molar-refractivity contribution in [2.75, 3.05) is 18.5 Å². The van der Waals surface area contributed by atoms with Crippen molar-refractivity contribution in [3.63, 3.8) is 0 Å². The van der Waals surface area contributed by atoms with Crippen LogP contribution in [0.15, 0.2) is 48.5 Å². The lowest BCUT2D eigenvalue weighted by Crippen LogP contribution is -2.30. The molecule has 0 saturated carbocycles. The molecule has 1 aliphatic rings. The molecule has 0 aliphatic carbocycles. The van der Waals surface area contributed by atoms with Crippen molar-refractivity contribution >= 4 is 23.2 Å². The van der Waals surface area contributed by atoms with E-state index in [0.717, 1.165) is 25.2 Å². The number of hydrogen-bond acceptors (Lipinski definition) is 4. The first-order chi connectivity index (χ1) is 12.6. The number of amides is 1. The van der Waals surface area contributed by atoms with E-state index in [1.165, 1.54) is 0 Å². The van der Waals surface area contributed by atoms with Gasteiger partial charge >= 0.3 is 0 Å². The van der Waals surface area contributed by atoms with Gasteiger partial charge in [0.05, 0.1) is 11.1 Å². The van der Waals surface area contributed by atoms with E-state index in [0.29, 0.717) is 23.1 Å². The summed E-state index contributed by atoms with van der Waals surface area (Å²) >= 11 is 6.05. The Balaban J connectivity index is 1.49. The second-order valence-electron chi connectivity index (χ2n) is 6.15. The molecular formula is C20H22ClNO4. The van der Waals surface area contributed by atoms with Gasteiger partial charge in [0.2, 0.25) is 0 Å². The minimum Gasteiger partial charge on any atom is -0.491 e. The molecule has 1 N–H and O–H groups in total. The van der Waals surface area contributed by atoms with Gasteiger partial charge in [-0.2, -0.15) is 0 Å². The van der Waals surface area contributed by atoms with Crippen LogP contribution in [0.25, 0.3) is 0 Å². The Kier molecular flexibility index (Phi) is 6.36. The van der Waals surface area contributed by atoms with E-state index in [-0.39, 0.29) is 12.0 Å². The number of carbonyl (C=O) groups excluding carboxylic acids is 1. The van der Waals surface area contributed by atoms with Crippen LogP contribution in [0, 0.1) is 0 Å². The smallest absolute Gasteiger partial charge is 0.265 e. The zero-order valence-electron chi connectivity index (χ0n) is 14.6. The monoisotopic (exact) mass is 375 g/mol. The van der Waals surface area contributed by atoms with Crippen LogP contribution >= 0.6 is 11.6 Å². The van der Waals surface area contributed by atoms with Gasteiger partial charge in [-0.05, 0) is 56.2 Å². The summed E-state index contributed by atoms with van der Waals surface area (Å²) in [5.74, 6) is 0.978. The van der Waals surface area contributed by atoms with Crippen molar-refractivity contribution in [2.24, 2.45) is 0 Å². The van der Waals surface area contributed by atoms with Crippen molar-refractivity contribution in [1.82, 2.24) is 0 Å². The lowest BCUT2D eigenvalue weighted by molar-refractivity contribution is -0.122. The highest BCUT2D eigenvalue weighted by molar-refractivity contribution is 6.32. The van der Waals surface area contributed by atoms with E-state index in [4.69, 9.17) is 25.8 Å². The fourth-order valence-electron chi connectivity index (χ4n) is 2.63. The maximum absolute atomic E-state index is 12.3. The first kappa shape index (κ1) is 18.5. The Bertz CT molecular complexity index is 729. The second-order valence-corrected chi connectivity index (χ2v) is 6.56. The molecule has 3 rings (SSSR count). The molecule has 0 radical (unpaired) electrons. The molecule has 0 bridgehead atoms. The molecule has 1 saturated heterocycles. The van der Waals surface area contributed by atoms with Crippen LogP contribution in [0.5, 0.6) is 11.5 Å². The first-order valence-corrected chi connectivity index (χ1v) is 9.06. The maximum Gasteiger partial charge on any atom is 0.265 e. The molecule has 2 aromatic rings. The van der Waals surface area contributed by atoms with Gasteiger partial charge in [0.1, 0.15) is 18.1 Å². The summed E-state index contributed by atoms with van der Waals surface area (Å²) in [4.78, 5) is 12.3. The molecule has 0 spiro atoms. The van der Waals surface area contributed by atoms with Gasteiger partial charge in [0, 0.05) is 12.3 Å². The van der Waals surface area contributed by atoms with Crippen molar-refractivity contribution in [1.29, 1.82) is 0 Å². The number of carbonyl (C=O) groups is 1. The number of ether oxygens (including phenoxy) is 3. The zero-order chi connectivity index (χ0) is 18.4. The molecule has 2 aromatic carbocycles. The molecule has 2 atom stereocenters. The second kappa shape index (κ2) is 8.92. The molecule has 1 aliphatic heterocycles. The third-order valence-electron chi connectivity index (χ3n) is 4.09. The number of halogens is 1. The number of anilines is 1. The van der Waals surface area contributed by atoms with Crippen molar-refractivity contribution < 1.29 is 19.0 Å². The SMILES string of the molecule is C[C@H](Oc1ccccc1Cl)C(=O)Nc1ccc(OC[C@H]2CCCO2)cc1. The number of rotatable bonds is 7. The lowest BCUT2D eigenvalue weighted by Gasteiger charge is -2.16. The Morgan fingerprint density at radius 1 is 1.27 bits per heavy atom. The van der Waals surface area contributed by atoms with Crippen LogP contribution < -0.4 is 14.8 Å². The Morgan fingerprint density at radius 2 is 2.04 bits per heavy atom. The van der Waals surface area contributed by atoms with E-state index >= 15 is 0 Å². The van der Waals surface area contributed by atoms with Crippen LogP contribution in [0.2, 0.25) is 5.02 Å². The minimum atomic E-state index is -0.676. The highest BCUT2D eigenvalue weighted by Gasteiger charge is 2.17. The van der Waals surface area contributed by atoms with Gasteiger partial charge in [0.15, 0.2) is 6.10 Å². The summed E-state index contributed by atoms with van der Waals surface area (Å²) < 4.78 is 16.9. The minimum absolute atomic E-state index is 0.178. The maximum atomic E-state index is 12.3. The largest absolute Gasteiger partial charge is 0.491 e. The third kappa shape index (κ3) is 5.13. The summed E-state index contributed by atoms with van der Waals surface area (Å²) in [6, 6.07) is 14.3. The Morgan fingerprint density at radius 3 is 2.73 bits per heavy atom. The normalized spacial score (nSPS) is 17.5. The topological polar surface area (TPSA) is 56.8 Å². The van der Waals surface area contributed by atoms with Crippen LogP contribution in [-0.4, -0.2) is 31.3 Å². The van der Waals surface area contributed by atoms with E-state index in [1.54, 1.807) is 37.3 Å². The third-order valence-corrected chi connectivity index (χ3v) is 4.40. The number of benzene rings is 2. The molecule has 0 aromatic heterocycles. The average molecular weight is 376 g/mol. The molecule has 6 heteroatoms. The first-order valence-electron chi connectivity index (χ1n) is 8.68. The van der Waals surface area contributed by atoms with Crippen LogP contribution in [0.3, 0.4) is 0 Å². The fourth-order valence-corrected chi connectivity index (χ4v) is 2.81. The molecular weight excluding hydrogens is 354 g/mol. The van der Waals surface area contributed by atoms with E-state index in [2.05, 4.69) is 5.32 Å². The summed E-state index contributed by atoms with van der Waals surface area (Å²) in [6.45, 7) is 3.04. The highest BCUT2D eigenvalue weighted by Crippen LogP contribution is 2.24. The number of hydrogen-bond donors (Lipinski definition) is 1. The van der Waals surface area contributed by atoms with Crippen molar-refractivity contribution in [2.45, 2.75) is 32.0 Å². The molecule has 5 nitrogen and oxygen atoms in total. The van der Waals surface area contributed by atoms with E-state index < -0.39 is 6.10 Å². The van der Waals surface area contributed by atoms with E-state index in [9.17, 15) is 4.79 Å². The Labute approximate surface area is 158 Å². The lowest BCUT2D eigenvalue weighted by atomic mass is 10.2. The quantitative estimate of drug-likeness (QED) is 0.783. The summed E-state index contributed by atoms with van der Waals surface area (Å²) in [5, 5.41) is 3.29. The van der Waals surface area contributed by atoms with Gasteiger partial charge < -0.3 is 19.5 Å². The van der Waals surface area contributed by atoms with Crippen LogP contribution in [0.4, 0.5) is 5.69 Å². The number of para-hydroxylation sites is 1. The molecule has 26 heavy (non-hydrogen) atoms. The fraction of sp³-hybridized carbons (Fsp3) is 0.350. The average Bonchev–Trinajstić information content (AvgIpc) is 3.16. The highest BCUT2D eigenvalue weighted by atomic mass is 35.5. The van der Waals surface area contributed by atoms with Gasteiger partial charge in [-0.3, -0.25) is 4.79 Å². The standard InChI is InChI=1S/C20H22ClNO4/c1-14(26-19-7-3-2-6-18(19)21)20(23)22-15-8-10-16(11-9-15)25-13-17-5-4-12-24-17/h2-3,6-11,14,17H,4-5,12-13H2,1H3,(H,22,23)/t14-,17+/m0/s1. The molecule has 0 unspecified atom stereocenters.